The molecule has 4 rings (SSSR count). The van der Waals surface area contributed by atoms with E-state index in [0.29, 0.717) is 5.02 Å². The first-order valence-electron chi connectivity index (χ1n) is 13.2. The second kappa shape index (κ2) is 12.7. The molecule has 2 unspecified atom stereocenters. The minimum Gasteiger partial charge on any atom is -0.479 e. The Morgan fingerprint density at radius 3 is 2.29 bits per heavy atom. The first-order valence-corrected chi connectivity index (χ1v) is 15.5. The van der Waals surface area contributed by atoms with E-state index in [0.717, 1.165) is 20.9 Å². The van der Waals surface area contributed by atoms with Gasteiger partial charge in [-0.05, 0) is 64.1 Å². The third kappa shape index (κ3) is 7.52. The predicted octanol–water partition coefficient (Wildman–Crippen LogP) is 4.24. The van der Waals surface area contributed by atoms with Crippen molar-refractivity contribution in [3.63, 3.8) is 0 Å². The molecule has 3 atom stereocenters. The van der Waals surface area contributed by atoms with Crippen molar-refractivity contribution >= 4 is 40.3 Å². The molecule has 0 saturated heterocycles. The van der Waals surface area contributed by atoms with E-state index in [1.54, 1.807) is 27.0 Å². The highest BCUT2D eigenvalue weighted by molar-refractivity contribution is 7.93. The number of aliphatic hydroxyl groups is 1. The number of pyridine rings is 1. The van der Waals surface area contributed by atoms with Gasteiger partial charge in [-0.15, -0.1) is 10.2 Å². The van der Waals surface area contributed by atoms with E-state index >= 15 is 0 Å². The van der Waals surface area contributed by atoms with Crippen LogP contribution in [-0.2, 0) is 38.8 Å². The number of rotatable bonds is 10. The highest BCUT2D eigenvalue weighted by Gasteiger charge is 2.49. The van der Waals surface area contributed by atoms with E-state index in [-0.39, 0.29) is 28.1 Å². The molecule has 4 aromatic rings. The Balaban J connectivity index is 1.84. The smallest absolute Gasteiger partial charge is 0.421 e. The summed E-state index contributed by atoms with van der Waals surface area (Å²) in [7, 11) is 0. The monoisotopic (exact) mass is 690 g/mol. The van der Waals surface area contributed by atoms with Crippen LogP contribution in [0.1, 0.15) is 39.3 Å². The summed E-state index contributed by atoms with van der Waals surface area (Å²) in [6.45, 7) is 4.75. The maximum absolute atomic E-state index is 14.3. The van der Waals surface area contributed by atoms with Crippen LogP contribution in [-0.4, -0.2) is 73.6 Å². The van der Waals surface area contributed by atoms with Crippen molar-refractivity contribution in [1.82, 2.24) is 34.1 Å². The molecule has 0 aliphatic rings. The molecule has 0 bridgehead atoms. The molecule has 3 heterocycles. The standard InChI is InChI=1S/C27H28Cl2F3N7O5S/c1-25(2,3)45(5)44-18(27(30,31)32)13-37-20(15-8-10-16(28)11-9-15)36-38(24(37)42)14-19-34-22(26(4,43)23(40)41)39(35-19)21-17(29)7-6-12-33-21/h6-12,18,43H,13-14H2,1-5H3/p+1/t18-,26?,45?/m0/s1. The summed E-state index contributed by atoms with van der Waals surface area (Å²) in [6.07, 6.45) is -4.28. The first kappa shape index (κ1) is 34.4. The van der Waals surface area contributed by atoms with Gasteiger partial charge in [-0.1, -0.05) is 23.2 Å². The summed E-state index contributed by atoms with van der Waals surface area (Å²) in [6, 6.07) is 8.94. The fourth-order valence-electron chi connectivity index (χ4n) is 3.84. The molecule has 0 fully saturated rings. The summed E-state index contributed by atoms with van der Waals surface area (Å²) < 4.78 is 50.2. The van der Waals surface area contributed by atoms with Crippen LogP contribution >= 0.6 is 23.2 Å². The summed E-state index contributed by atoms with van der Waals surface area (Å²) in [5.74, 6) is -2.54. The minimum absolute atomic E-state index is 0.0474. The molecule has 0 amide bonds. The number of carboxylic acid groups (broad SMARTS) is 1. The average molecular weight is 692 g/mol. The van der Waals surface area contributed by atoms with Gasteiger partial charge in [0.05, 0.1) is 11.6 Å². The minimum atomic E-state index is -4.83. The fraction of sp³-hybridized carbons (Fsp3) is 0.407. The summed E-state index contributed by atoms with van der Waals surface area (Å²) >= 11 is 11.1. The van der Waals surface area contributed by atoms with Crippen LogP contribution in [0.5, 0.6) is 0 Å². The quantitative estimate of drug-likeness (QED) is 0.233. The Hall–Kier alpha value is -3.44. The van der Waals surface area contributed by atoms with Gasteiger partial charge in [-0.25, -0.2) is 24.2 Å². The molecule has 0 saturated carbocycles. The Bertz CT molecular complexity index is 1750. The van der Waals surface area contributed by atoms with Crippen LogP contribution in [0.4, 0.5) is 13.2 Å². The Morgan fingerprint density at radius 2 is 1.73 bits per heavy atom. The van der Waals surface area contributed by atoms with Crippen LogP contribution in [0.25, 0.3) is 17.2 Å². The zero-order chi connectivity index (χ0) is 33.5. The van der Waals surface area contributed by atoms with E-state index in [1.165, 1.54) is 42.6 Å². The van der Waals surface area contributed by atoms with Crippen molar-refractivity contribution in [1.29, 1.82) is 0 Å². The fourth-order valence-corrected chi connectivity index (χ4v) is 4.98. The number of alkyl halides is 3. The van der Waals surface area contributed by atoms with Gasteiger partial charge in [0.2, 0.25) is 11.7 Å². The molecule has 0 radical (unpaired) electrons. The van der Waals surface area contributed by atoms with Crippen LogP contribution in [0.2, 0.25) is 10.0 Å². The molecular weight excluding hydrogens is 662 g/mol. The maximum atomic E-state index is 14.3. The second-order valence-corrected chi connectivity index (χ2v) is 14.2. The molecular formula is C27H29Cl2F3N7O5S+. The lowest BCUT2D eigenvalue weighted by atomic mass is 10.1. The molecule has 242 valence electrons. The van der Waals surface area contributed by atoms with E-state index in [1.807, 2.05) is 0 Å². The van der Waals surface area contributed by atoms with Crippen molar-refractivity contribution in [2.45, 2.75) is 63.4 Å². The van der Waals surface area contributed by atoms with Crippen molar-refractivity contribution in [3.05, 3.63) is 74.8 Å². The maximum Gasteiger partial charge on any atom is 0.421 e. The number of aliphatic carboxylic acids is 1. The molecule has 18 heteroatoms. The number of hydrogen-bond donors (Lipinski definition) is 2. The normalized spacial score (nSPS) is 15.1. The summed E-state index contributed by atoms with van der Waals surface area (Å²) in [5.41, 5.74) is -3.24. The second-order valence-electron chi connectivity index (χ2n) is 11.0. The van der Waals surface area contributed by atoms with Gasteiger partial charge in [0, 0.05) is 16.8 Å². The topological polar surface area (TPSA) is 150 Å². The van der Waals surface area contributed by atoms with E-state index in [9.17, 15) is 33.0 Å². The lowest BCUT2D eigenvalue weighted by Crippen LogP contribution is -2.43. The number of benzene rings is 1. The SMILES string of the molecule is C[S+](O[C@@H](Cn1c(-c2ccc(Cl)cc2)nn(Cc2nc(C(C)(O)C(=O)O)n(-c3ncccc3Cl)n2)c1=O)C(F)(F)F)C(C)(C)C. The molecule has 1 aromatic carbocycles. The van der Waals surface area contributed by atoms with Gasteiger partial charge in [0.25, 0.3) is 0 Å². The van der Waals surface area contributed by atoms with Crippen LogP contribution < -0.4 is 5.69 Å². The largest absolute Gasteiger partial charge is 0.479 e. The van der Waals surface area contributed by atoms with Crippen LogP contribution in [0, 0.1) is 0 Å². The van der Waals surface area contributed by atoms with Gasteiger partial charge < -0.3 is 10.2 Å². The molecule has 0 aliphatic carbocycles. The van der Waals surface area contributed by atoms with Crippen molar-refractivity contribution in [2.75, 3.05) is 6.26 Å². The zero-order valence-electron chi connectivity index (χ0n) is 24.6. The van der Waals surface area contributed by atoms with Gasteiger partial charge in [0.1, 0.15) is 24.0 Å². The molecule has 0 spiro atoms. The molecule has 45 heavy (non-hydrogen) atoms. The van der Waals surface area contributed by atoms with Gasteiger partial charge in [-0.2, -0.15) is 22.0 Å². The third-order valence-electron chi connectivity index (χ3n) is 6.60. The highest BCUT2D eigenvalue weighted by Crippen LogP contribution is 2.31. The summed E-state index contributed by atoms with van der Waals surface area (Å²) in [4.78, 5) is 33.8. The van der Waals surface area contributed by atoms with Crippen LogP contribution in [0.15, 0.2) is 47.4 Å². The molecule has 12 nitrogen and oxygen atoms in total. The number of hydrogen-bond acceptors (Lipinski definition) is 8. The first-order chi connectivity index (χ1) is 20.8. The summed E-state index contributed by atoms with van der Waals surface area (Å²) in [5, 5.41) is 29.3. The van der Waals surface area contributed by atoms with E-state index in [4.69, 9.17) is 27.4 Å². The van der Waals surface area contributed by atoms with Crippen molar-refractivity contribution in [2.24, 2.45) is 0 Å². The van der Waals surface area contributed by atoms with Crippen LogP contribution in [0.3, 0.4) is 0 Å². The number of aromatic nitrogens is 7. The molecule has 3 aromatic heterocycles. The third-order valence-corrected chi connectivity index (χ3v) is 9.39. The predicted molar refractivity (Wildman–Crippen MR) is 161 cm³/mol. The van der Waals surface area contributed by atoms with Gasteiger partial charge >= 0.3 is 17.8 Å². The van der Waals surface area contributed by atoms with Crippen molar-refractivity contribution < 1.29 is 32.4 Å². The Morgan fingerprint density at radius 1 is 1.09 bits per heavy atom. The number of carboxylic acids is 1. The molecule has 2 N–H and O–H groups in total. The lowest BCUT2D eigenvalue weighted by Gasteiger charge is -2.23. The highest BCUT2D eigenvalue weighted by atomic mass is 35.5. The van der Waals surface area contributed by atoms with E-state index < -0.39 is 64.4 Å². The zero-order valence-corrected chi connectivity index (χ0v) is 26.9. The average Bonchev–Trinajstić information content (AvgIpc) is 3.49. The Kier molecular flexibility index (Phi) is 9.76. The van der Waals surface area contributed by atoms with Gasteiger partial charge in [-0.3, -0.25) is 4.57 Å². The van der Waals surface area contributed by atoms with Gasteiger partial charge in [0.15, 0.2) is 28.0 Å². The Labute approximate surface area is 267 Å². The lowest BCUT2D eigenvalue weighted by molar-refractivity contribution is -0.196. The molecule has 0 aliphatic heterocycles. The number of nitrogens with zero attached hydrogens (tertiary/aromatic N) is 7. The number of halogens is 5. The number of carbonyl (C=O) groups is 1. The van der Waals surface area contributed by atoms with E-state index in [2.05, 4.69) is 20.2 Å². The van der Waals surface area contributed by atoms with Crippen molar-refractivity contribution in [3.8, 4) is 17.2 Å².